The average Bonchev–Trinajstić information content (AvgIpc) is 3.28. The van der Waals surface area contributed by atoms with Crippen molar-refractivity contribution < 1.29 is 14.4 Å². The van der Waals surface area contributed by atoms with Gasteiger partial charge < -0.3 is 24.8 Å². The van der Waals surface area contributed by atoms with Gasteiger partial charge in [-0.3, -0.25) is 9.59 Å². The van der Waals surface area contributed by atoms with Gasteiger partial charge in [-0.15, -0.1) is 0 Å². The second-order valence-electron chi connectivity index (χ2n) is 10.6. The first-order valence-electron chi connectivity index (χ1n) is 14.0. The molecule has 0 aromatic heterocycles. The number of carbonyl (C=O) groups is 3. The highest BCUT2D eigenvalue weighted by Gasteiger charge is 2.53. The van der Waals surface area contributed by atoms with Gasteiger partial charge >= 0.3 is 0 Å². The summed E-state index contributed by atoms with van der Waals surface area (Å²) in [6.45, 7) is 3.09. The maximum Gasteiger partial charge on any atom is 0.250 e. The van der Waals surface area contributed by atoms with Crippen LogP contribution in [0, 0.1) is 12.1 Å². The molecule has 5 rings (SSSR count). The molecule has 2 aliphatic heterocycles. The fraction of sp³-hybridized carbons (Fsp3) is 0.364. The molecule has 1 N–H and O–H groups in total. The normalized spacial score (nSPS) is 17.1. The van der Waals surface area contributed by atoms with Gasteiger partial charge in [-0.25, -0.2) is 0 Å². The minimum absolute atomic E-state index is 0.0740. The molecule has 2 fully saturated rings. The van der Waals surface area contributed by atoms with Crippen LogP contribution in [-0.2, 0) is 19.8 Å². The molecule has 2 amide bonds. The summed E-state index contributed by atoms with van der Waals surface area (Å²) in [5.74, 6) is 0.0336. The van der Waals surface area contributed by atoms with Gasteiger partial charge in [0.25, 0.3) is 0 Å². The van der Waals surface area contributed by atoms with E-state index in [4.69, 9.17) is 0 Å². The number of hydrogen-bond donors (Lipinski definition) is 1. The Labute approximate surface area is 236 Å². The van der Waals surface area contributed by atoms with E-state index in [0.29, 0.717) is 45.4 Å². The van der Waals surface area contributed by atoms with Crippen LogP contribution < -0.4 is 10.2 Å². The van der Waals surface area contributed by atoms with Crippen LogP contribution in [0.3, 0.4) is 0 Å². The highest BCUT2D eigenvalue weighted by atomic mass is 16.2. The van der Waals surface area contributed by atoms with Gasteiger partial charge in [0.1, 0.15) is 17.2 Å². The molecule has 2 saturated heterocycles. The van der Waals surface area contributed by atoms with Gasteiger partial charge in [0.15, 0.2) is 0 Å². The van der Waals surface area contributed by atoms with Crippen molar-refractivity contribution in [2.24, 2.45) is 0 Å². The fourth-order valence-corrected chi connectivity index (χ4v) is 6.39. The van der Waals surface area contributed by atoms with Crippen LogP contribution in [0.25, 0.3) is 0 Å². The lowest BCUT2D eigenvalue weighted by Crippen LogP contribution is -2.57. The number of nitrogens with zero attached hydrogens (tertiary/aromatic N) is 3. The number of likely N-dealkylation sites (tertiary alicyclic amines) is 1. The first kappa shape index (κ1) is 27.4. The van der Waals surface area contributed by atoms with Gasteiger partial charge in [-0.05, 0) is 55.6 Å². The topological polar surface area (TPSA) is 73.0 Å². The summed E-state index contributed by atoms with van der Waals surface area (Å²) in [4.78, 5) is 44.9. The third-order valence-corrected chi connectivity index (χ3v) is 8.58. The number of aldehydes is 1. The SMILES string of the molecule is CNC(=O)C(CCN1CCC2(CC1)C(=O)N(CCC=O)CN2c1ccccc1)(c1c#cccc1)c1ccccc1. The molecule has 3 aromatic rings. The molecule has 3 aromatic carbocycles. The Kier molecular flexibility index (Phi) is 8.18. The van der Waals surface area contributed by atoms with E-state index < -0.39 is 11.0 Å². The predicted molar refractivity (Wildman–Crippen MR) is 155 cm³/mol. The third kappa shape index (κ3) is 4.96. The lowest BCUT2D eigenvalue weighted by molar-refractivity contribution is -0.133. The second kappa shape index (κ2) is 11.9. The molecule has 40 heavy (non-hydrogen) atoms. The Hall–Kier alpha value is -4.15. The van der Waals surface area contributed by atoms with E-state index in [1.54, 1.807) is 13.1 Å². The molecule has 1 atom stereocenters. The number of piperidine rings is 1. The van der Waals surface area contributed by atoms with Crippen molar-refractivity contribution in [3.8, 4) is 0 Å². The highest BCUT2D eigenvalue weighted by Crippen LogP contribution is 2.41. The van der Waals surface area contributed by atoms with Crippen molar-refractivity contribution in [2.75, 3.05) is 44.8 Å². The van der Waals surface area contributed by atoms with E-state index in [-0.39, 0.29) is 11.8 Å². The number of hydrogen-bond acceptors (Lipinski definition) is 5. The number of anilines is 1. The van der Waals surface area contributed by atoms with E-state index in [1.807, 2.05) is 65.6 Å². The van der Waals surface area contributed by atoms with Crippen LogP contribution in [0.4, 0.5) is 5.69 Å². The van der Waals surface area contributed by atoms with Gasteiger partial charge in [-0.2, -0.15) is 0 Å². The van der Waals surface area contributed by atoms with Crippen molar-refractivity contribution in [3.63, 3.8) is 0 Å². The number of likely N-dealkylation sites (N-methyl/N-ethyl adjacent to an activating group) is 1. The van der Waals surface area contributed by atoms with Gasteiger partial charge in [0, 0.05) is 44.4 Å². The maximum absolute atomic E-state index is 13.8. The molecule has 0 aliphatic carbocycles. The molecular weight excluding hydrogens is 500 g/mol. The van der Waals surface area contributed by atoms with Gasteiger partial charge in [-0.1, -0.05) is 66.7 Å². The lowest BCUT2D eigenvalue weighted by Gasteiger charge is -2.44. The first-order chi connectivity index (χ1) is 19.5. The zero-order valence-corrected chi connectivity index (χ0v) is 23.0. The molecule has 7 nitrogen and oxygen atoms in total. The summed E-state index contributed by atoms with van der Waals surface area (Å²) in [7, 11) is 1.68. The highest BCUT2D eigenvalue weighted by molar-refractivity contribution is 5.94. The molecule has 0 radical (unpaired) electrons. The number of carbonyl (C=O) groups excluding carboxylic acids is 3. The Morgan fingerprint density at radius 1 is 1.00 bits per heavy atom. The number of rotatable bonds is 10. The van der Waals surface area contributed by atoms with Crippen LogP contribution in [-0.4, -0.2) is 73.3 Å². The zero-order valence-electron chi connectivity index (χ0n) is 23.0. The largest absolute Gasteiger partial charge is 0.358 e. The summed E-state index contributed by atoms with van der Waals surface area (Å²) in [6.07, 6.45) is 3.15. The molecule has 206 valence electrons. The minimum atomic E-state index is -0.909. The van der Waals surface area contributed by atoms with Crippen LogP contribution in [0.2, 0.25) is 0 Å². The molecule has 2 aliphatic rings. The monoisotopic (exact) mass is 536 g/mol. The summed E-state index contributed by atoms with van der Waals surface area (Å²) in [6, 6.07) is 31.9. The van der Waals surface area contributed by atoms with Crippen molar-refractivity contribution in [3.05, 3.63) is 102 Å². The van der Waals surface area contributed by atoms with Gasteiger partial charge in [0.2, 0.25) is 11.8 Å². The minimum Gasteiger partial charge on any atom is -0.358 e. The zero-order chi connectivity index (χ0) is 28.0. The summed E-state index contributed by atoms with van der Waals surface area (Å²) >= 11 is 0. The summed E-state index contributed by atoms with van der Waals surface area (Å²) in [5, 5.41) is 2.91. The Balaban J connectivity index is 1.38. The van der Waals surface area contributed by atoms with E-state index in [1.165, 1.54) is 0 Å². The van der Waals surface area contributed by atoms with Crippen molar-refractivity contribution in [1.29, 1.82) is 0 Å². The molecule has 7 heteroatoms. The van der Waals surface area contributed by atoms with Crippen LogP contribution in [0.5, 0.6) is 0 Å². The van der Waals surface area contributed by atoms with E-state index >= 15 is 0 Å². The van der Waals surface area contributed by atoms with Crippen LogP contribution >= 0.6 is 0 Å². The summed E-state index contributed by atoms with van der Waals surface area (Å²) < 4.78 is 0. The Morgan fingerprint density at radius 3 is 2.33 bits per heavy atom. The molecule has 1 unspecified atom stereocenters. The Morgan fingerprint density at radius 2 is 1.70 bits per heavy atom. The first-order valence-corrected chi connectivity index (χ1v) is 14.0. The Bertz CT molecular complexity index is 1250. The second-order valence-corrected chi connectivity index (χ2v) is 10.6. The fourth-order valence-electron chi connectivity index (χ4n) is 6.39. The standard InChI is InChI=1S/C33H36N4O3/c1-34-30(39)33(27-12-5-2-6-13-27,28-14-7-3-8-15-28)20-24-35-22-18-32(19-23-35)31(40)36(21-11-25-38)26-37(32)29-16-9-4-10-17-29/h2-7,9-10,12-14,16-17,25H,11,18-24,26H2,1H3,(H,34,39). The van der Waals surface area contributed by atoms with Crippen molar-refractivity contribution in [2.45, 2.75) is 36.6 Å². The molecular formula is C33H36N4O3. The van der Waals surface area contributed by atoms with E-state index in [0.717, 1.165) is 36.2 Å². The smallest absolute Gasteiger partial charge is 0.250 e. The van der Waals surface area contributed by atoms with Crippen LogP contribution in [0.1, 0.15) is 36.8 Å². The van der Waals surface area contributed by atoms with Crippen LogP contribution in [0.15, 0.2) is 78.9 Å². The summed E-state index contributed by atoms with van der Waals surface area (Å²) in [5.41, 5.74) is 1.21. The number of nitrogens with one attached hydrogen (secondary N) is 1. The van der Waals surface area contributed by atoms with Crippen molar-refractivity contribution in [1.82, 2.24) is 15.1 Å². The molecule has 0 saturated carbocycles. The van der Waals surface area contributed by atoms with E-state index in [9.17, 15) is 14.4 Å². The van der Waals surface area contributed by atoms with E-state index in [2.05, 4.69) is 39.4 Å². The number of benzene rings is 2. The lowest BCUT2D eigenvalue weighted by atomic mass is 9.71. The number of amides is 2. The quantitative estimate of drug-likeness (QED) is 0.402. The predicted octanol–water partition coefficient (Wildman–Crippen LogP) is 3.44. The van der Waals surface area contributed by atoms with Gasteiger partial charge in [0.05, 0.1) is 6.67 Å². The average molecular weight is 537 g/mol. The number of para-hydroxylation sites is 1. The molecule has 1 spiro atoms. The maximum atomic E-state index is 13.8. The molecule has 2 heterocycles. The third-order valence-electron chi connectivity index (χ3n) is 8.58. The van der Waals surface area contributed by atoms with Crippen molar-refractivity contribution >= 4 is 23.8 Å². The molecule has 0 bridgehead atoms.